The van der Waals surface area contributed by atoms with Crippen LogP contribution in [0.15, 0.2) is 88.8 Å². The standard InChI is InChI=1S/C29H27N3OS/c33-28-27(34-29(30-24-10-2-1-3-11-24)32(28)26-12-6-7-13-26)18-21-14-16-25(17-15-21)31-19-22-8-4-5-9-23(22)20-31/h1-5,8-11,14-18,26H,6-7,12-13,19-20H2/b27-18-,30-29?. The van der Waals surface area contributed by atoms with Crippen molar-refractivity contribution >= 4 is 40.3 Å². The molecule has 1 amide bonds. The molecule has 6 rings (SSSR count). The molecule has 1 saturated heterocycles. The third-order valence-corrected chi connectivity index (χ3v) is 7.89. The summed E-state index contributed by atoms with van der Waals surface area (Å²) in [5.74, 6) is 0.0886. The molecule has 2 fully saturated rings. The van der Waals surface area contributed by atoms with Crippen LogP contribution in [-0.4, -0.2) is 22.0 Å². The lowest BCUT2D eigenvalue weighted by Crippen LogP contribution is -2.37. The highest BCUT2D eigenvalue weighted by Crippen LogP contribution is 2.39. The van der Waals surface area contributed by atoms with Crippen LogP contribution in [0.1, 0.15) is 42.4 Å². The van der Waals surface area contributed by atoms with Gasteiger partial charge in [0, 0.05) is 24.8 Å². The molecule has 34 heavy (non-hydrogen) atoms. The van der Waals surface area contributed by atoms with Crippen LogP contribution in [0.2, 0.25) is 0 Å². The lowest BCUT2D eigenvalue weighted by atomic mass is 10.1. The first-order valence-electron chi connectivity index (χ1n) is 12.0. The van der Waals surface area contributed by atoms with Gasteiger partial charge >= 0.3 is 0 Å². The largest absolute Gasteiger partial charge is 0.363 e. The first-order chi connectivity index (χ1) is 16.7. The third kappa shape index (κ3) is 4.16. The van der Waals surface area contributed by atoms with Crippen LogP contribution >= 0.6 is 11.8 Å². The Kier molecular flexibility index (Phi) is 5.71. The summed E-state index contributed by atoms with van der Waals surface area (Å²) < 4.78 is 0. The van der Waals surface area contributed by atoms with Crippen LogP contribution in [-0.2, 0) is 17.9 Å². The van der Waals surface area contributed by atoms with E-state index in [4.69, 9.17) is 4.99 Å². The smallest absolute Gasteiger partial charge is 0.267 e. The molecule has 0 unspecified atom stereocenters. The molecule has 4 nitrogen and oxygen atoms in total. The highest BCUT2D eigenvalue weighted by atomic mass is 32.2. The van der Waals surface area contributed by atoms with Gasteiger partial charge in [0.05, 0.1) is 10.6 Å². The predicted octanol–water partition coefficient (Wildman–Crippen LogP) is 6.75. The van der Waals surface area contributed by atoms with Crippen LogP contribution in [0, 0.1) is 0 Å². The molecule has 1 aliphatic carbocycles. The molecule has 0 atom stereocenters. The fraction of sp³-hybridized carbons (Fsp3) is 0.241. The van der Waals surface area contributed by atoms with Gasteiger partial charge in [0.15, 0.2) is 5.17 Å². The third-order valence-electron chi connectivity index (χ3n) is 6.90. The van der Waals surface area contributed by atoms with Crippen molar-refractivity contribution in [1.29, 1.82) is 0 Å². The highest BCUT2D eigenvalue weighted by molar-refractivity contribution is 8.18. The number of amides is 1. The molecule has 3 aliphatic rings. The van der Waals surface area contributed by atoms with E-state index in [9.17, 15) is 4.79 Å². The first-order valence-corrected chi connectivity index (χ1v) is 12.8. The topological polar surface area (TPSA) is 35.9 Å². The Labute approximate surface area is 205 Å². The number of aliphatic imine (C=N–C) groups is 1. The van der Waals surface area contributed by atoms with E-state index in [1.54, 1.807) is 0 Å². The van der Waals surface area contributed by atoms with Crippen LogP contribution < -0.4 is 4.90 Å². The summed E-state index contributed by atoms with van der Waals surface area (Å²) >= 11 is 1.50. The van der Waals surface area contributed by atoms with Crippen molar-refractivity contribution in [2.45, 2.75) is 44.8 Å². The summed E-state index contributed by atoms with van der Waals surface area (Å²) in [6.07, 6.45) is 6.49. The summed E-state index contributed by atoms with van der Waals surface area (Å²) in [4.78, 5) is 23.4. The van der Waals surface area contributed by atoms with E-state index in [1.165, 1.54) is 41.4 Å². The van der Waals surface area contributed by atoms with E-state index in [-0.39, 0.29) is 11.9 Å². The van der Waals surface area contributed by atoms with Gasteiger partial charge in [-0.1, -0.05) is 67.4 Å². The second-order valence-corrected chi connectivity index (χ2v) is 10.2. The van der Waals surface area contributed by atoms with Crippen molar-refractivity contribution in [1.82, 2.24) is 4.90 Å². The fourth-order valence-corrected chi connectivity index (χ4v) is 6.17. The maximum absolute atomic E-state index is 13.4. The van der Waals surface area contributed by atoms with Crippen LogP contribution in [0.5, 0.6) is 0 Å². The van der Waals surface area contributed by atoms with Gasteiger partial charge in [-0.25, -0.2) is 4.99 Å². The predicted molar refractivity (Wildman–Crippen MR) is 141 cm³/mol. The number of carbonyl (C=O) groups is 1. The summed E-state index contributed by atoms with van der Waals surface area (Å²) in [5, 5.41) is 0.806. The van der Waals surface area contributed by atoms with E-state index in [2.05, 4.69) is 53.4 Å². The molecule has 0 N–H and O–H groups in total. The molecule has 0 spiro atoms. The average Bonchev–Trinajstić information content (AvgIpc) is 3.60. The van der Waals surface area contributed by atoms with E-state index >= 15 is 0 Å². The number of anilines is 1. The maximum Gasteiger partial charge on any atom is 0.267 e. The van der Waals surface area contributed by atoms with E-state index < -0.39 is 0 Å². The van der Waals surface area contributed by atoms with Crippen molar-refractivity contribution < 1.29 is 4.79 Å². The van der Waals surface area contributed by atoms with E-state index in [0.29, 0.717) is 0 Å². The van der Waals surface area contributed by atoms with Crippen molar-refractivity contribution in [3.8, 4) is 0 Å². The number of thioether (sulfide) groups is 1. The van der Waals surface area contributed by atoms with Gasteiger partial charge in [-0.3, -0.25) is 9.69 Å². The minimum atomic E-state index is 0.0886. The number of nitrogens with zero attached hydrogens (tertiary/aromatic N) is 3. The quantitative estimate of drug-likeness (QED) is 0.400. The molecule has 170 valence electrons. The second-order valence-electron chi connectivity index (χ2n) is 9.17. The lowest BCUT2D eigenvalue weighted by molar-refractivity contribution is -0.123. The SMILES string of the molecule is O=C1/C(=C/c2ccc(N3Cc4ccccc4C3)cc2)SC(=Nc2ccccc2)N1C1CCCC1. The second kappa shape index (κ2) is 9.15. The molecule has 0 aromatic heterocycles. The summed E-state index contributed by atoms with van der Waals surface area (Å²) in [6, 6.07) is 27.4. The molecule has 5 heteroatoms. The molecular weight excluding hydrogens is 438 g/mol. The molecule has 0 radical (unpaired) electrons. The van der Waals surface area contributed by atoms with Crippen molar-refractivity contribution in [2.24, 2.45) is 4.99 Å². The minimum Gasteiger partial charge on any atom is -0.363 e. The average molecular weight is 466 g/mol. The van der Waals surface area contributed by atoms with Gasteiger partial charge in [-0.15, -0.1) is 0 Å². The Morgan fingerprint density at radius 1 is 0.824 bits per heavy atom. The zero-order chi connectivity index (χ0) is 22.9. The Bertz CT molecular complexity index is 1240. The Balaban J connectivity index is 1.24. The molecule has 2 aliphatic heterocycles. The van der Waals surface area contributed by atoms with E-state index in [1.807, 2.05) is 41.3 Å². The monoisotopic (exact) mass is 465 g/mol. The Morgan fingerprint density at radius 3 is 2.15 bits per heavy atom. The van der Waals surface area contributed by atoms with Gasteiger partial charge in [0.25, 0.3) is 5.91 Å². The van der Waals surface area contributed by atoms with Crippen molar-refractivity contribution in [3.63, 3.8) is 0 Å². The van der Waals surface area contributed by atoms with Gasteiger partial charge in [0.2, 0.25) is 0 Å². The molecule has 0 bridgehead atoms. The number of fused-ring (bicyclic) bond motifs is 1. The summed E-state index contributed by atoms with van der Waals surface area (Å²) in [5.41, 5.74) is 5.95. The highest BCUT2D eigenvalue weighted by Gasteiger charge is 2.39. The van der Waals surface area contributed by atoms with Crippen LogP contribution in [0.4, 0.5) is 11.4 Å². The molecule has 3 aromatic carbocycles. The number of hydrogen-bond acceptors (Lipinski definition) is 4. The Hall–Kier alpha value is -3.31. The Morgan fingerprint density at radius 2 is 1.47 bits per heavy atom. The number of amidine groups is 1. The number of para-hydroxylation sites is 1. The zero-order valence-corrected chi connectivity index (χ0v) is 19.9. The number of rotatable bonds is 4. The number of carbonyl (C=O) groups excluding carboxylic acids is 1. The first kappa shape index (κ1) is 21.2. The number of benzene rings is 3. The minimum absolute atomic E-state index is 0.0886. The van der Waals surface area contributed by atoms with Gasteiger partial charge < -0.3 is 4.90 Å². The summed E-state index contributed by atoms with van der Waals surface area (Å²) in [7, 11) is 0. The van der Waals surface area contributed by atoms with Crippen molar-refractivity contribution in [2.75, 3.05) is 4.90 Å². The number of hydrogen-bond donors (Lipinski definition) is 0. The fourth-order valence-electron chi connectivity index (χ4n) is 5.11. The van der Waals surface area contributed by atoms with Crippen LogP contribution in [0.3, 0.4) is 0 Å². The lowest BCUT2D eigenvalue weighted by Gasteiger charge is -2.22. The van der Waals surface area contributed by atoms with E-state index in [0.717, 1.165) is 47.3 Å². The zero-order valence-electron chi connectivity index (χ0n) is 19.1. The molecule has 1 saturated carbocycles. The molecular formula is C29H27N3OS. The molecule has 2 heterocycles. The van der Waals surface area contributed by atoms with Crippen LogP contribution in [0.25, 0.3) is 6.08 Å². The maximum atomic E-state index is 13.4. The van der Waals surface area contributed by atoms with Gasteiger partial charge in [0.1, 0.15) is 0 Å². The van der Waals surface area contributed by atoms with Gasteiger partial charge in [-0.05, 0) is 71.6 Å². The molecule has 3 aromatic rings. The van der Waals surface area contributed by atoms with Gasteiger partial charge in [-0.2, -0.15) is 0 Å². The summed E-state index contributed by atoms with van der Waals surface area (Å²) in [6.45, 7) is 1.89. The van der Waals surface area contributed by atoms with Crippen molar-refractivity contribution in [3.05, 3.63) is 100 Å². The normalized spacial score (nSPS) is 20.6.